The third kappa shape index (κ3) is 3.58. The van der Waals surface area contributed by atoms with E-state index < -0.39 is 0 Å². The molecule has 1 aliphatic rings. The first-order valence-corrected chi connectivity index (χ1v) is 7.36. The molecule has 1 heterocycles. The van der Waals surface area contributed by atoms with Crippen molar-refractivity contribution in [3.63, 3.8) is 0 Å². The molecule has 0 radical (unpaired) electrons. The Labute approximate surface area is 117 Å². The monoisotopic (exact) mass is 262 g/mol. The highest BCUT2D eigenvalue weighted by Crippen LogP contribution is 2.34. The number of rotatable bonds is 4. The fraction of sp³-hybridized carbons (Fsp3) is 0.647. The SMILES string of the molecule is CC1[C@H](C)OC(COCc2ccccc2)[C@H](C)[C@@H]1C. The highest BCUT2D eigenvalue weighted by atomic mass is 16.5. The number of hydrogen-bond acceptors (Lipinski definition) is 2. The minimum absolute atomic E-state index is 0.227. The number of benzene rings is 1. The molecule has 5 atom stereocenters. The van der Waals surface area contributed by atoms with Gasteiger partial charge in [0.2, 0.25) is 0 Å². The predicted molar refractivity (Wildman–Crippen MR) is 77.9 cm³/mol. The average molecular weight is 262 g/mol. The summed E-state index contributed by atoms with van der Waals surface area (Å²) in [5.74, 6) is 1.87. The molecule has 19 heavy (non-hydrogen) atoms. The van der Waals surface area contributed by atoms with Crippen molar-refractivity contribution < 1.29 is 9.47 Å². The zero-order chi connectivity index (χ0) is 13.8. The van der Waals surface area contributed by atoms with Crippen LogP contribution in [-0.2, 0) is 16.1 Å². The van der Waals surface area contributed by atoms with Gasteiger partial charge in [-0.3, -0.25) is 0 Å². The molecule has 0 saturated carbocycles. The molecule has 0 amide bonds. The van der Waals surface area contributed by atoms with E-state index in [4.69, 9.17) is 9.47 Å². The molecule has 2 unspecified atom stereocenters. The number of ether oxygens (including phenoxy) is 2. The topological polar surface area (TPSA) is 18.5 Å². The molecule has 0 spiro atoms. The van der Waals surface area contributed by atoms with Gasteiger partial charge < -0.3 is 9.47 Å². The first-order valence-electron chi connectivity index (χ1n) is 7.36. The van der Waals surface area contributed by atoms with Crippen LogP contribution in [-0.4, -0.2) is 18.8 Å². The van der Waals surface area contributed by atoms with Crippen LogP contribution in [0.4, 0.5) is 0 Å². The Morgan fingerprint density at radius 2 is 1.63 bits per heavy atom. The molecule has 0 aliphatic carbocycles. The van der Waals surface area contributed by atoms with Crippen LogP contribution in [0, 0.1) is 17.8 Å². The lowest BCUT2D eigenvalue weighted by molar-refractivity contribution is -0.150. The Hall–Kier alpha value is -0.860. The molecule has 1 fully saturated rings. The molecule has 0 N–H and O–H groups in total. The van der Waals surface area contributed by atoms with Crippen molar-refractivity contribution in [2.75, 3.05) is 6.61 Å². The lowest BCUT2D eigenvalue weighted by atomic mass is 9.77. The molecule has 106 valence electrons. The maximum atomic E-state index is 6.09. The first kappa shape index (κ1) is 14.5. The first-order chi connectivity index (χ1) is 9.09. The van der Waals surface area contributed by atoms with E-state index in [1.165, 1.54) is 5.56 Å². The van der Waals surface area contributed by atoms with E-state index in [1.807, 2.05) is 18.2 Å². The lowest BCUT2D eigenvalue weighted by Gasteiger charge is -2.42. The molecule has 1 aromatic rings. The van der Waals surface area contributed by atoms with Crippen LogP contribution in [0.5, 0.6) is 0 Å². The van der Waals surface area contributed by atoms with Crippen molar-refractivity contribution in [1.82, 2.24) is 0 Å². The van der Waals surface area contributed by atoms with Gasteiger partial charge in [0.15, 0.2) is 0 Å². The van der Waals surface area contributed by atoms with Crippen LogP contribution < -0.4 is 0 Å². The second-order valence-corrected chi connectivity index (χ2v) is 5.96. The summed E-state index contributed by atoms with van der Waals surface area (Å²) in [4.78, 5) is 0. The van der Waals surface area contributed by atoms with Gasteiger partial charge in [0.1, 0.15) is 0 Å². The Kier molecular flexibility index (Phi) is 5.00. The van der Waals surface area contributed by atoms with Crippen LogP contribution in [0.3, 0.4) is 0 Å². The fourth-order valence-electron chi connectivity index (χ4n) is 2.83. The van der Waals surface area contributed by atoms with E-state index in [0.29, 0.717) is 37.1 Å². The van der Waals surface area contributed by atoms with Gasteiger partial charge in [-0.05, 0) is 30.2 Å². The zero-order valence-corrected chi connectivity index (χ0v) is 12.5. The van der Waals surface area contributed by atoms with Crippen molar-refractivity contribution in [1.29, 1.82) is 0 Å². The normalized spacial score (nSPS) is 35.3. The average Bonchev–Trinajstić information content (AvgIpc) is 2.43. The summed E-state index contributed by atoms with van der Waals surface area (Å²) in [7, 11) is 0. The van der Waals surface area contributed by atoms with Gasteiger partial charge in [-0.25, -0.2) is 0 Å². The second-order valence-electron chi connectivity index (χ2n) is 5.96. The molecule has 0 bridgehead atoms. The zero-order valence-electron chi connectivity index (χ0n) is 12.5. The minimum atomic E-state index is 0.227. The summed E-state index contributed by atoms with van der Waals surface area (Å²) in [5.41, 5.74) is 1.22. The maximum absolute atomic E-state index is 6.09. The van der Waals surface area contributed by atoms with Gasteiger partial charge in [-0.15, -0.1) is 0 Å². The maximum Gasteiger partial charge on any atom is 0.0840 e. The van der Waals surface area contributed by atoms with Crippen LogP contribution in [0.2, 0.25) is 0 Å². The van der Waals surface area contributed by atoms with Crippen molar-refractivity contribution in [2.24, 2.45) is 17.8 Å². The number of hydrogen-bond donors (Lipinski definition) is 0. The third-order valence-corrected chi connectivity index (χ3v) is 4.77. The fourth-order valence-corrected chi connectivity index (χ4v) is 2.83. The summed E-state index contributed by atoms with van der Waals surface area (Å²) in [6.07, 6.45) is 0.557. The second kappa shape index (κ2) is 6.53. The van der Waals surface area contributed by atoms with Gasteiger partial charge in [0.05, 0.1) is 25.4 Å². The Balaban J connectivity index is 1.82. The van der Waals surface area contributed by atoms with Gasteiger partial charge >= 0.3 is 0 Å². The standard InChI is InChI=1S/C17H26O2/c1-12-13(2)15(4)19-17(14(12)3)11-18-10-16-8-6-5-7-9-16/h5-9,12-15,17H,10-11H2,1-4H3/t12-,13?,14-,15+,17?/m1/s1. The van der Waals surface area contributed by atoms with Crippen LogP contribution >= 0.6 is 0 Å². The van der Waals surface area contributed by atoms with Gasteiger partial charge in [0, 0.05) is 0 Å². The van der Waals surface area contributed by atoms with Crippen molar-refractivity contribution >= 4 is 0 Å². The molecule has 2 nitrogen and oxygen atoms in total. The van der Waals surface area contributed by atoms with E-state index in [2.05, 4.69) is 39.8 Å². The lowest BCUT2D eigenvalue weighted by Crippen LogP contribution is -2.45. The highest BCUT2D eigenvalue weighted by Gasteiger charge is 2.36. The van der Waals surface area contributed by atoms with Gasteiger partial charge in [-0.1, -0.05) is 51.1 Å². The molecule has 1 aliphatic heterocycles. The van der Waals surface area contributed by atoms with E-state index in [0.717, 1.165) is 0 Å². The molecule has 2 heteroatoms. The van der Waals surface area contributed by atoms with E-state index >= 15 is 0 Å². The largest absolute Gasteiger partial charge is 0.374 e. The van der Waals surface area contributed by atoms with Crippen molar-refractivity contribution in [3.8, 4) is 0 Å². The van der Waals surface area contributed by atoms with Crippen molar-refractivity contribution in [3.05, 3.63) is 35.9 Å². The molecule has 0 aromatic heterocycles. The smallest absolute Gasteiger partial charge is 0.0840 e. The van der Waals surface area contributed by atoms with Gasteiger partial charge in [-0.2, -0.15) is 0 Å². The Morgan fingerprint density at radius 1 is 0.947 bits per heavy atom. The summed E-state index contributed by atoms with van der Waals surface area (Å²) in [5, 5.41) is 0. The summed E-state index contributed by atoms with van der Waals surface area (Å²) < 4.78 is 11.9. The van der Waals surface area contributed by atoms with Crippen LogP contribution in [0.1, 0.15) is 33.3 Å². The van der Waals surface area contributed by atoms with E-state index in [1.54, 1.807) is 0 Å². The summed E-state index contributed by atoms with van der Waals surface area (Å²) >= 11 is 0. The predicted octanol–water partition coefficient (Wildman–Crippen LogP) is 3.90. The molecule has 2 rings (SSSR count). The summed E-state index contributed by atoms with van der Waals surface area (Å²) in [6.45, 7) is 10.4. The van der Waals surface area contributed by atoms with Crippen LogP contribution in [0.15, 0.2) is 30.3 Å². The van der Waals surface area contributed by atoms with E-state index in [9.17, 15) is 0 Å². The van der Waals surface area contributed by atoms with Gasteiger partial charge in [0.25, 0.3) is 0 Å². The molecular weight excluding hydrogens is 236 g/mol. The molecule has 1 saturated heterocycles. The Bertz CT molecular complexity index is 376. The Morgan fingerprint density at radius 3 is 2.32 bits per heavy atom. The van der Waals surface area contributed by atoms with E-state index in [-0.39, 0.29) is 6.10 Å². The van der Waals surface area contributed by atoms with Crippen molar-refractivity contribution in [2.45, 2.75) is 46.5 Å². The highest BCUT2D eigenvalue weighted by molar-refractivity contribution is 5.13. The minimum Gasteiger partial charge on any atom is -0.374 e. The van der Waals surface area contributed by atoms with Crippen LogP contribution in [0.25, 0.3) is 0 Å². The third-order valence-electron chi connectivity index (χ3n) is 4.77. The molecular formula is C17H26O2. The molecule has 1 aromatic carbocycles. The summed E-state index contributed by atoms with van der Waals surface area (Å²) in [6, 6.07) is 10.3. The quantitative estimate of drug-likeness (QED) is 0.819.